The third-order valence-electron chi connectivity index (χ3n) is 2.71. The molecule has 0 fully saturated rings. The number of hydrogen-bond acceptors (Lipinski definition) is 4. The third kappa shape index (κ3) is 3.03. The van der Waals surface area contributed by atoms with Crippen LogP contribution in [0.4, 0.5) is 15.9 Å². The number of methoxy groups -OCH3 is 1. The van der Waals surface area contributed by atoms with Gasteiger partial charge in [-0.25, -0.2) is 9.37 Å². The first-order chi connectivity index (χ1) is 9.51. The molecule has 1 aromatic heterocycles. The van der Waals surface area contributed by atoms with Crippen molar-refractivity contribution in [3.63, 3.8) is 0 Å². The van der Waals surface area contributed by atoms with Crippen molar-refractivity contribution in [1.82, 2.24) is 4.98 Å². The summed E-state index contributed by atoms with van der Waals surface area (Å²) in [5.41, 5.74) is 7.76. The molecule has 0 aliphatic rings. The van der Waals surface area contributed by atoms with Crippen LogP contribution in [0.3, 0.4) is 0 Å². The molecule has 1 aromatic carbocycles. The lowest BCUT2D eigenvalue weighted by atomic mass is 10.2. The molecule has 0 radical (unpaired) electrons. The molecule has 0 unspecified atom stereocenters. The first-order valence-corrected chi connectivity index (χ1v) is 6.30. The van der Waals surface area contributed by atoms with Gasteiger partial charge in [-0.2, -0.15) is 0 Å². The first kappa shape index (κ1) is 14.2. The highest BCUT2D eigenvalue weighted by Crippen LogP contribution is 2.25. The average molecular weight is 291 g/mol. The Labute approximate surface area is 121 Å². The molecular weight excluding hydrogens is 277 g/mol. The second-order valence-corrected chi connectivity index (χ2v) is 4.63. The topological polar surface area (TPSA) is 60.2 Å². The summed E-state index contributed by atoms with van der Waals surface area (Å²) in [7, 11) is 1.41. The molecule has 0 bridgehead atoms. The number of nitrogens with two attached hydrogens (primary N) is 1. The van der Waals surface area contributed by atoms with Crippen molar-refractivity contribution in [3.8, 4) is 5.75 Å². The lowest BCUT2D eigenvalue weighted by Crippen LogP contribution is -2.13. The Morgan fingerprint density at radius 1 is 1.35 bits per heavy atom. The van der Waals surface area contributed by atoms with Crippen LogP contribution in [0.1, 0.15) is 11.3 Å². The highest BCUT2D eigenvalue weighted by atomic mass is 32.1. The quantitative estimate of drug-likeness (QED) is 0.848. The minimum absolute atomic E-state index is 0.152. The number of nitrogens with one attached hydrogen (secondary N) is 1. The molecule has 4 nitrogen and oxygen atoms in total. The molecule has 20 heavy (non-hydrogen) atoms. The summed E-state index contributed by atoms with van der Waals surface area (Å²) in [5, 5.41) is 3.07. The van der Waals surface area contributed by atoms with Crippen LogP contribution in [-0.2, 0) is 0 Å². The van der Waals surface area contributed by atoms with Crippen molar-refractivity contribution in [2.45, 2.75) is 6.92 Å². The molecule has 0 aliphatic carbocycles. The van der Waals surface area contributed by atoms with Crippen molar-refractivity contribution in [1.29, 1.82) is 0 Å². The van der Waals surface area contributed by atoms with Gasteiger partial charge in [0.25, 0.3) is 0 Å². The van der Waals surface area contributed by atoms with Gasteiger partial charge in [0.2, 0.25) is 0 Å². The van der Waals surface area contributed by atoms with Crippen LogP contribution >= 0.6 is 12.2 Å². The van der Waals surface area contributed by atoms with Gasteiger partial charge in [0, 0.05) is 17.4 Å². The Bertz CT molecular complexity index is 661. The van der Waals surface area contributed by atoms with Crippen molar-refractivity contribution in [3.05, 3.63) is 47.4 Å². The van der Waals surface area contributed by atoms with Crippen molar-refractivity contribution >= 4 is 28.7 Å². The van der Waals surface area contributed by atoms with Crippen LogP contribution in [0.2, 0.25) is 0 Å². The smallest absolute Gasteiger partial charge is 0.165 e. The monoisotopic (exact) mass is 291 g/mol. The molecule has 0 saturated heterocycles. The summed E-state index contributed by atoms with van der Waals surface area (Å²) < 4.78 is 18.3. The molecule has 3 N–H and O–H groups in total. The Morgan fingerprint density at radius 3 is 2.75 bits per heavy atom. The zero-order valence-corrected chi connectivity index (χ0v) is 11.9. The summed E-state index contributed by atoms with van der Waals surface area (Å²) >= 11 is 4.99. The number of thiocarbonyl (C=S) groups is 1. The summed E-state index contributed by atoms with van der Waals surface area (Å²) in [5.74, 6) is 0.260. The Hall–Kier alpha value is -2.21. The average Bonchev–Trinajstić information content (AvgIpc) is 2.40. The van der Waals surface area contributed by atoms with Gasteiger partial charge in [0.15, 0.2) is 11.6 Å². The van der Waals surface area contributed by atoms with Gasteiger partial charge in [0.1, 0.15) is 10.8 Å². The van der Waals surface area contributed by atoms with E-state index >= 15 is 0 Å². The highest BCUT2D eigenvalue weighted by Gasteiger charge is 2.09. The molecule has 2 rings (SSSR count). The van der Waals surface area contributed by atoms with Gasteiger partial charge in [-0.3, -0.25) is 0 Å². The Kier molecular flexibility index (Phi) is 4.14. The molecule has 6 heteroatoms. The largest absolute Gasteiger partial charge is 0.494 e. The first-order valence-electron chi connectivity index (χ1n) is 5.89. The fourth-order valence-corrected chi connectivity index (χ4v) is 1.89. The van der Waals surface area contributed by atoms with E-state index in [2.05, 4.69) is 10.3 Å². The predicted molar refractivity (Wildman–Crippen MR) is 81.1 cm³/mol. The molecule has 0 saturated carbocycles. The van der Waals surface area contributed by atoms with Crippen molar-refractivity contribution in [2.75, 3.05) is 12.4 Å². The standard InChI is InChI=1S/C14H14FN3OS/c1-8-3-5-10(13(16)20)14(17-8)18-9-4-6-11(15)12(7-9)19-2/h3-7H,1-2H3,(H2,16,20)(H,17,18). The van der Waals surface area contributed by atoms with Gasteiger partial charge >= 0.3 is 0 Å². The number of ether oxygens (including phenoxy) is 1. The Morgan fingerprint density at radius 2 is 2.10 bits per heavy atom. The SMILES string of the molecule is COc1cc(Nc2nc(C)ccc2C(N)=S)ccc1F. The third-order valence-corrected chi connectivity index (χ3v) is 2.93. The second-order valence-electron chi connectivity index (χ2n) is 4.19. The molecule has 0 aliphatic heterocycles. The van der Waals surface area contributed by atoms with E-state index in [0.29, 0.717) is 17.1 Å². The number of anilines is 2. The van der Waals surface area contributed by atoms with Gasteiger partial charge in [0.05, 0.1) is 12.7 Å². The zero-order chi connectivity index (χ0) is 14.7. The van der Waals surface area contributed by atoms with Gasteiger partial charge in [-0.05, 0) is 31.2 Å². The lowest BCUT2D eigenvalue weighted by molar-refractivity contribution is 0.387. The predicted octanol–water partition coefficient (Wildman–Crippen LogP) is 2.92. The maximum atomic E-state index is 13.4. The number of pyridine rings is 1. The summed E-state index contributed by atoms with van der Waals surface area (Å²) in [6.45, 7) is 1.86. The highest BCUT2D eigenvalue weighted by molar-refractivity contribution is 7.80. The fourth-order valence-electron chi connectivity index (χ4n) is 1.73. The molecule has 1 heterocycles. The van der Waals surface area contributed by atoms with E-state index in [-0.39, 0.29) is 10.7 Å². The van der Waals surface area contributed by atoms with E-state index < -0.39 is 5.82 Å². The minimum Gasteiger partial charge on any atom is -0.494 e. The van der Waals surface area contributed by atoms with Crippen LogP contribution in [0.15, 0.2) is 30.3 Å². The van der Waals surface area contributed by atoms with E-state index in [1.165, 1.54) is 13.2 Å². The van der Waals surface area contributed by atoms with Crippen LogP contribution in [-0.4, -0.2) is 17.1 Å². The molecule has 2 aromatic rings. The molecule has 0 spiro atoms. The maximum absolute atomic E-state index is 13.4. The van der Waals surface area contributed by atoms with Gasteiger partial charge in [-0.1, -0.05) is 12.2 Å². The fraction of sp³-hybridized carbons (Fsp3) is 0.143. The Balaban J connectivity index is 2.39. The van der Waals surface area contributed by atoms with Gasteiger partial charge in [-0.15, -0.1) is 0 Å². The normalized spacial score (nSPS) is 10.2. The number of aromatic nitrogens is 1. The van der Waals surface area contributed by atoms with Crippen LogP contribution in [0, 0.1) is 12.7 Å². The van der Waals surface area contributed by atoms with E-state index in [1.807, 2.05) is 13.0 Å². The van der Waals surface area contributed by atoms with E-state index in [1.54, 1.807) is 18.2 Å². The lowest BCUT2D eigenvalue weighted by Gasteiger charge is -2.12. The van der Waals surface area contributed by atoms with E-state index in [4.69, 9.17) is 22.7 Å². The number of aryl methyl sites for hydroxylation is 1. The second kappa shape index (κ2) is 5.83. The molecule has 104 valence electrons. The molecule has 0 amide bonds. The maximum Gasteiger partial charge on any atom is 0.165 e. The number of hydrogen-bond donors (Lipinski definition) is 2. The van der Waals surface area contributed by atoms with E-state index in [0.717, 1.165) is 5.69 Å². The summed E-state index contributed by atoms with van der Waals surface area (Å²) in [6, 6.07) is 8.07. The molecular formula is C14H14FN3OS. The minimum atomic E-state index is -0.426. The number of benzene rings is 1. The van der Waals surface area contributed by atoms with Crippen LogP contribution in [0.25, 0.3) is 0 Å². The van der Waals surface area contributed by atoms with Crippen molar-refractivity contribution < 1.29 is 9.13 Å². The number of nitrogens with zero attached hydrogens (tertiary/aromatic N) is 1. The van der Waals surface area contributed by atoms with Crippen LogP contribution < -0.4 is 15.8 Å². The van der Waals surface area contributed by atoms with E-state index in [9.17, 15) is 4.39 Å². The van der Waals surface area contributed by atoms with Crippen LogP contribution in [0.5, 0.6) is 5.75 Å². The number of halogens is 1. The van der Waals surface area contributed by atoms with Crippen molar-refractivity contribution in [2.24, 2.45) is 5.73 Å². The molecule has 0 atom stereocenters. The summed E-state index contributed by atoms with van der Waals surface area (Å²) in [6.07, 6.45) is 0. The zero-order valence-electron chi connectivity index (χ0n) is 11.1. The van der Waals surface area contributed by atoms with Gasteiger partial charge < -0.3 is 15.8 Å². The summed E-state index contributed by atoms with van der Waals surface area (Å²) in [4.78, 5) is 4.60. The number of rotatable bonds is 4.